The lowest BCUT2D eigenvalue weighted by Crippen LogP contribution is -2.18. The van der Waals surface area contributed by atoms with Gasteiger partial charge in [-0.05, 0) is 12.7 Å². The van der Waals surface area contributed by atoms with E-state index in [4.69, 9.17) is 15.7 Å². The molecule has 2 heterocycles. The largest absolute Gasteiger partial charge is 0.465 e. The van der Waals surface area contributed by atoms with Crippen LogP contribution in [0.1, 0.15) is 30.0 Å². The van der Waals surface area contributed by atoms with Crippen LogP contribution in [0.15, 0.2) is 12.5 Å². The Bertz CT molecular complexity index is 620. The van der Waals surface area contributed by atoms with Gasteiger partial charge >= 0.3 is 5.97 Å². The molecule has 15 heavy (non-hydrogen) atoms. The predicted octanol–water partition coefficient (Wildman–Crippen LogP) is 1.16. The van der Waals surface area contributed by atoms with Crippen LogP contribution in [-0.2, 0) is 22.9 Å². The Morgan fingerprint density at radius 2 is 2.80 bits per heavy atom. The number of aryl methyl sites for hydroxylation is 1. The molecule has 1 aromatic rings. The molecule has 2 atom stereocenters. The van der Waals surface area contributed by atoms with Crippen molar-refractivity contribution in [3.05, 3.63) is 18.2 Å². The fourth-order valence-corrected chi connectivity index (χ4v) is 1.43. The number of cyclic esters (lactones) is 1. The van der Waals surface area contributed by atoms with E-state index in [-0.39, 0.29) is 5.69 Å². The van der Waals surface area contributed by atoms with E-state index in [2.05, 4.69) is 4.98 Å². The number of hydrogen-bond donors (Lipinski definition) is 0. The van der Waals surface area contributed by atoms with Gasteiger partial charge in [-0.1, -0.05) is 6.92 Å². The molecule has 1 aliphatic rings. The van der Waals surface area contributed by atoms with E-state index in [0.717, 1.165) is 19.4 Å². The normalized spacial score (nSPS) is 41.1. The first-order chi connectivity index (χ1) is 10.2. The van der Waals surface area contributed by atoms with Gasteiger partial charge in [0.15, 0.2) is 0 Å². The first-order valence-electron chi connectivity index (χ1n) is 8.44. The molecule has 0 saturated carbocycles. The van der Waals surface area contributed by atoms with Gasteiger partial charge < -0.3 is 9.30 Å². The Morgan fingerprint density at radius 3 is 3.53 bits per heavy atom. The average molecular weight is 216 g/mol. The van der Waals surface area contributed by atoms with Gasteiger partial charge in [0.05, 0.1) is 18.8 Å². The van der Waals surface area contributed by atoms with Crippen molar-refractivity contribution in [1.82, 2.24) is 9.55 Å². The number of carbonyl (C=O) groups excluding carboxylic acids is 1. The molecular weight excluding hydrogens is 192 g/mol. The number of esters is 1. The number of carbonyl (C=O) groups is 1. The molecule has 1 aliphatic heterocycles. The Hall–Kier alpha value is -1.32. The minimum absolute atomic E-state index is 0.360. The molecule has 0 bridgehead atoms. The van der Waals surface area contributed by atoms with Gasteiger partial charge in [-0.3, -0.25) is 4.79 Å². The zero-order valence-corrected chi connectivity index (χ0v) is 8.15. The summed E-state index contributed by atoms with van der Waals surface area (Å²) in [5.41, 5.74) is -0.360. The Morgan fingerprint density at radius 1 is 1.93 bits per heavy atom. The molecule has 1 saturated heterocycles. The first-order valence-corrected chi connectivity index (χ1v) is 4.44. The monoisotopic (exact) mass is 216 g/mol. The van der Waals surface area contributed by atoms with Crippen molar-refractivity contribution in [2.45, 2.75) is 19.7 Å². The summed E-state index contributed by atoms with van der Waals surface area (Å²) in [6.45, 7) is -2.22. The maximum absolute atomic E-state index is 11.9. The summed E-state index contributed by atoms with van der Waals surface area (Å²) in [6.07, 6.45) is -2.96. The smallest absolute Gasteiger partial charge is 0.309 e. The van der Waals surface area contributed by atoms with Gasteiger partial charge in [0.2, 0.25) is 0 Å². The van der Waals surface area contributed by atoms with E-state index < -0.39 is 44.1 Å². The number of imidazole rings is 1. The molecular formula is C11H16N2O2. The molecule has 2 rings (SSSR count). The molecule has 0 unspecified atom stereocenters. The topological polar surface area (TPSA) is 44.1 Å². The van der Waals surface area contributed by atoms with E-state index >= 15 is 0 Å². The number of nitrogens with zero attached hydrogens (tertiary/aromatic N) is 2. The summed E-state index contributed by atoms with van der Waals surface area (Å²) in [7, 11) is 0. The quantitative estimate of drug-likeness (QED) is 0.712. The molecule has 82 valence electrons. The Kier molecular flexibility index (Phi) is 1.15. The van der Waals surface area contributed by atoms with Gasteiger partial charge in [0.25, 0.3) is 0 Å². The van der Waals surface area contributed by atoms with Crippen LogP contribution >= 0.6 is 0 Å². The molecule has 4 heteroatoms. The molecule has 0 radical (unpaired) electrons. The third-order valence-electron chi connectivity index (χ3n) is 2.18. The summed E-state index contributed by atoms with van der Waals surface area (Å²) in [5.74, 6) is -5.19. The van der Waals surface area contributed by atoms with Crippen molar-refractivity contribution in [3.8, 4) is 0 Å². The van der Waals surface area contributed by atoms with E-state index in [1.54, 1.807) is 0 Å². The highest BCUT2D eigenvalue weighted by atomic mass is 16.5. The van der Waals surface area contributed by atoms with Crippen molar-refractivity contribution >= 4 is 5.97 Å². The fourth-order valence-electron chi connectivity index (χ4n) is 1.43. The molecule has 1 aromatic heterocycles. The summed E-state index contributed by atoms with van der Waals surface area (Å²) >= 11 is 0. The van der Waals surface area contributed by atoms with E-state index in [9.17, 15) is 4.79 Å². The highest BCUT2D eigenvalue weighted by Gasteiger charge is 2.35. The highest BCUT2D eigenvalue weighted by Crippen LogP contribution is 2.27. The van der Waals surface area contributed by atoms with E-state index in [0.29, 0.717) is 4.57 Å². The standard InChI is InChI=1S/C11H16N2O2/c1-3-10-8(6-15-11(10)14)4-9-5-12-7-13(9)2/h5,7-8,10H,3-4,6H2,1-2H3/t8-,10-/m0/s1/i2D3,3D2,4D2,10D. The van der Waals surface area contributed by atoms with Crippen LogP contribution in [-0.4, -0.2) is 22.1 Å². The van der Waals surface area contributed by atoms with Crippen molar-refractivity contribution in [2.24, 2.45) is 18.8 Å². The van der Waals surface area contributed by atoms with Crippen LogP contribution in [0.3, 0.4) is 0 Å². The zero-order valence-electron chi connectivity index (χ0n) is 16.2. The third-order valence-corrected chi connectivity index (χ3v) is 2.18. The maximum atomic E-state index is 11.9. The fraction of sp³-hybridized carbons (Fsp3) is 0.636. The van der Waals surface area contributed by atoms with Gasteiger partial charge in [-0.15, -0.1) is 0 Å². The minimum atomic E-state index is -2.70. The molecule has 0 spiro atoms. The van der Waals surface area contributed by atoms with Gasteiger partial charge in [-0.25, -0.2) is 4.98 Å². The summed E-state index contributed by atoms with van der Waals surface area (Å²) in [4.78, 5) is 15.5. The van der Waals surface area contributed by atoms with Crippen molar-refractivity contribution in [2.75, 3.05) is 6.61 Å². The second kappa shape index (κ2) is 4.04. The molecule has 4 nitrogen and oxygen atoms in total. The second-order valence-corrected chi connectivity index (χ2v) is 3.11. The van der Waals surface area contributed by atoms with E-state index in [1.807, 2.05) is 0 Å². The van der Waals surface area contributed by atoms with Crippen LogP contribution in [0.25, 0.3) is 0 Å². The Balaban J connectivity index is 2.56. The van der Waals surface area contributed by atoms with Crippen LogP contribution in [0.4, 0.5) is 0 Å². The SMILES string of the molecule is [2H]C([2H])(c1cncn1C([2H])([2H])[2H])[C@H]1COC(=O)[C@@]1([2H])C([2H])([2H])C. The van der Waals surface area contributed by atoms with Gasteiger partial charge in [0.1, 0.15) is 0 Å². The number of hydrogen-bond acceptors (Lipinski definition) is 3. The maximum Gasteiger partial charge on any atom is 0.309 e. The highest BCUT2D eigenvalue weighted by molar-refractivity contribution is 5.74. The summed E-state index contributed by atoms with van der Waals surface area (Å²) in [6, 6.07) is 0. The Labute approximate surface area is 100 Å². The van der Waals surface area contributed by atoms with Gasteiger partial charge in [-0.2, -0.15) is 0 Å². The molecule has 0 amide bonds. The number of ether oxygens (including phenoxy) is 1. The lowest BCUT2D eigenvalue weighted by molar-refractivity contribution is -0.141. The molecule has 0 N–H and O–H groups in total. The van der Waals surface area contributed by atoms with Gasteiger partial charge in [0, 0.05) is 35.8 Å². The van der Waals surface area contributed by atoms with Crippen molar-refractivity contribution in [1.29, 1.82) is 0 Å². The summed E-state index contributed by atoms with van der Waals surface area (Å²) in [5, 5.41) is 0. The second-order valence-electron chi connectivity index (χ2n) is 3.11. The average Bonchev–Trinajstić information content (AvgIpc) is 2.95. The zero-order chi connectivity index (χ0) is 17.8. The van der Waals surface area contributed by atoms with Crippen molar-refractivity contribution < 1.29 is 20.5 Å². The molecule has 1 fully saturated rings. The molecule has 0 aromatic carbocycles. The van der Waals surface area contributed by atoms with Crippen LogP contribution in [0.5, 0.6) is 0 Å². The van der Waals surface area contributed by atoms with E-state index in [1.165, 1.54) is 0 Å². The molecule has 0 aliphatic carbocycles. The lowest BCUT2D eigenvalue weighted by atomic mass is 9.89. The van der Waals surface area contributed by atoms with Crippen LogP contribution in [0.2, 0.25) is 0 Å². The van der Waals surface area contributed by atoms with Crippen LogP contribution < -0.4 is 0 Å². The third kappa shape index (κ3) is 1.89. The summed E-state index contributed by atoms with van der Waals surface area (Å²) < 4.78 is 67.9. The van der Waals surface area contributed by atoms with Crippen LogP contribution in [0, 0.1) is 11.8 Å². The minimum Gasteiger partial charge on any atom is -0.465 e. The first kappa shape index (κ1) is 4.28. The number of aromatic nitrogens is 2. The van der Waals surface area contributed by atoms with Crippen molar-refractivity contribution in [3.63, 3.8) is 0 Å². The lowest BCUT2D eigenvalue weighted by Gasteiger charge is -2.12. The predicted molar refractivity (Wildman–Crippen MR) is 55.1 cm³/mol. The number of rotatable bonds is 3.